The molecule has 0 bridgehead atoms. The molecule has 0 atom stereocenters. The van der Waals surface area contributed by atoms with Gasteiger partial charge in [-0.1, -0.05) is 30.3 Å². The van der Waals surface area contributed by atoms with Crippen LogP contribution in [-0.4, -0.2) is 12.4 Å². The van der Waals surface area contributed by atoms with E-state index in [1.54, 1.807) is 55.7 Å². The largest absolute Gasteiger partial charge is 0.464 e. The number of aromatic nitrogens is 1. The lowest BCUT2D eigenvalue weighted by Gasteiger charge is -2.12. The Morgan fingerprint density at radius 1 is 0.871 bits per heavy atom. The molecule has 154 valence electrons. The predicted molar refractivity (Wildman–Crippen MR) is 119 cm³/mol. The zero-order chi connectivity index (χ0) is 21.6. The SMILES string of the molecule is Cc1cc(-c2ccccc2F)n(S(=O)(=O)c2cccc(-c3ccc4occc4c3)c2)c1. The van der Waals surface area contributed by atoms with Crippen molar-refractivity contribution in [3.63, 3.8) is 0 Å². The molecule has 0 N–H and O–H groups in total. The molecule has 2 aromatic heterocycles. The highest BCUT2D eigenvalue weighted by atomic mass is 32.2. The number of rotatable bonds is 4. The second-order valence-electron chi connectivity index (χ2n) is 7.38. The molecule has 31 heavy (non-hydrogen) atoms. The number of furan rings is 1. The average molecular weight is 431 g/mol. The summed E-state index contributed by atoms with van der Waals surface area (Å²) in [4.78, 5) is 0.130. The van der Waals surface area contributed by atoms with Gasteiger partial charge in [-0.05, 0) is 72.1 Å². The van der Waals surface area contributed by atoms with Gasteiger partial charge in [0.1, 0.15) is 11.4 Å². The van der Waals surface area contributed by atoms with Crippen molar-refractivity contribution in [3.05, 3.63) is 103 Å². The first kappa shape index (κ1) is 19.3. The Labute approximate surface area is 179 Å². The van der Waals surface area contributed by atoms with Gasteiger partial charge in [-0.2, -0.15) is 0 Å². The topological polar surface area (TPSA) is 52.2 Å². The molecule has 0 saturated carbocycles. The van der Waals surface area contributed by atoms with Gasteiger partial charge in [-0.15, -0.1) is 0 Å². The Morgan fingerprint density at radius 2 is 1.68 bits per heavy atom. The number of hydrogen-bond donors (Lipinski definition) is 0. The van der Waals surface area contributed by atoms with Crippen molar-refractivity contribution in [3.8, 4) is 22.4 Å². The van der Waals surface area contributed by atoms with E-state index in [4.69, 9.17) is 4.42 Å². The quantitative estimate of drug-likeness (QED) is 0.338. The molecule has 4 nitrogen and oxygen atoms in total. The van der Waals surface area contributed by atoms with Gasteiger partial charge in [0.2, 0.25) is 0 Å². The molecule has 3 aromatic carbocycles. The maximum absolute atomic E-state index is 14.4. The summed E-state index contributed by atoms with van der Waals surface area (Å²) < 4.78 is 48.0. The maximum atomic E-state index is 14.4. The van der Waals surface area contributed by atoms with Crippen molar-refractivity contribution in [2.45, 2.75) is 11.8 Å². The standard InChI is InChI=1S/C25H18FNO3S/c1-17-13-24(22-7-2-3-8-23(22)26)27(16-17)31(28,29)21-6-4-5-18(15-21)19-9-10-25-20(14-19)11-12-30-25/h2-16H,1H3. The van der Waals surface area contributed by atoms with Gasteiger partial charge in [0.05, 0.1) is 16.9 Å². The zero-order valence-electron chi connectivity index (χ0n) is 16.6. The summed E-state index contributed by atoms with van der Waals surface area (Å²) in [5.41, 5.74) is 3.67. The van der Waals surface area contributed by atoms with Crippen LogP contribution in [0.3, 0.4) is 0 Å². The second-order valence-corrected chi connectivity index (χ2v) is 9.20. The average Bonchev–Trinajstić information content (AvgIpc) is 3.40. The van der Waals surface area contributed by atoms with Crippen LogP contribution in [-0.2, 0) is 10.0 Å². The minimum absolute atomic E-state index is 0.130. The van der Waals surface area contributed by atoms with E-state index in [-0.39, 0.29) is 10.5 Å². The van der Waals surface area contributed by atoms with Gasteiger partial charge in [0.25, 0.3) is 10.0 Å². The predicted octanol–water partition coefficient (Wildman–Crippen LogP) is 6.25. The monoisotopic (exact) mass is 431 g/mol. The zero-order valence-corrected chi connectivity index (χ0v) is 17.4. The van der Waals surface area contributed by atoms with E-state index < -0.39 is 15.8 Å². The molecular weight excluding hydrogens is 413 g/mol. The molecule has 6 heteroatoms. The van der Waals surface area contributed by atoms with E-state index >= 15 is 0 Å². The van der Waals surface area contributed by atoms with Crippen molar-refractivity contribution >= 4 is 21.0 Å². The highest BCUT2D eigenvalue weighted by Gasteiger charge is 2.23. The lowest BCUT2D eigenvalue weighted by molar-refractivity contribution is 0.587. The molecule has 5 rings (SSSR count). The summed E-state index contributed by atoms with van der Waals surface area (Å²) in [6, 6.07) is 22.2. The van der Waals surface area contributed by atoms with E-state index in [0.29, 0.717) is 5.69 Å². The summed E-state index contributed by atoms with van der Waals surface area (Å²) in [5.74, 6) is -0.473. The number of aryl methyl sites for hydroxylation is 1. The summed E-state index contributed by atoms with van der Waals surface area (Å²) in [6.07, 6.45) is 3.13. The normalized spacial score (nSPS) is 11.8. The summed E-state index contributed by atoms with van der Waals surface area (Å²) in [5, 5.41) is 0.939. The highest BCUT2D eigenvalue weighted by Crippen LogP contribution is 2.31. The van der Waals surface area contributed by atoms with Gasteiger partial charge in [0, 0.05) is 17.1 Å². The van der Waals surface area contributed by atoms with Crippen LogP contribution >= 0.6 is 0 Å². The number of hydrogen-bond acceptors (Lipinski definition) is 3. The molecule has 5 aromatic rings. The van der Waals surface area contributed by atoms with Gasteiger partial charge in [0.15, 0.2) is 0 Å². The first-order valence-electron chi connectivity index (χ1n) is 9.71. The van der Waals surface area contributed by atoms with Gasteiger partial charge in [-0.25, -0.2) is 16.8 Å². The molecule has 0 aliphatic carbocycles. The number of fused-ring (bicyclic) bond motifs is 1. The first-order chi connectivity index (χ1) is 14.9. The third kappa shape index (κ3) is 3.35. The molecule has 0 spiro atoms. The Balaban J connectivity index is 1.63. The Morgan fingerprint density at radius 3 is 2.52 bits per heavy atom. The Hall–Kier alpha value is -3.64. The van der Waals surface area contributed by atoms with Crippen LogP contribution in [0.4, 0.5) is 4.39 Å². The van der Waals surface area contributed by atoms with Crippen LogP contribution in [0, 0.1) is 12.7 Å². The molecule has 0 aliphatic rings. The van der Waals surface area contributed by atoms with Crippen LogP contribution in [0.5, 0.6) is 0 Å². The smallest absolute Gasteiger partial charge is 0.268 e. The third-order valence-corrected chi connectivity index (χ3v) is 6.92. The molecule has 0 saturated heterocycles. The fourth-order valence-corrected chi connectivity index (χ4v) is 5.20. The number of halogens is 1. The van der Waals surface area contributed by atoms with Crippen LogP contribution in [0.15, 0.2) is 101 Å². The van der Waals surface area contributed by atoms with E-state index in [1.807, 2.05) is 30.3 Å². The van der Waals surface area contributed by atoms with Crippen LogP contribution in [0.2, 0.25) is 0 Å². The van der Waals surface area contributed by atoms with Gasteiger partial charge in [-0.3, -0.25) is 0 Å². The summed E-state index contributed by atoms with van der Waals surface area (Å²) >= 11 is 0. The fourth-order valence-electron chi connectivity index (χ4n) is 3.73. The molecule has 0 fully saturated rings. The molecule has 0 unspecified atom stereocenters. The van der Waals surface area contributed by atoms with E-state index in [2.05, 4.69) is 0 Å². The first-order valence-corrected chi connectivity index (χ1v) is 11.1. The summed E-state index contributed by atoms with van der Waals surface area (Å²) in [7, 11) is -3.94. The van der Waals surface area contributed by atoms with E-state index in [0.717, 1.165) is 31.6 Å². The minimum atomic E-state index is -3.94. The van der Waals surface area contributed by atoms with Crippen LogP contribution in [0.25, 0.3) is 33.4 Å². The van der Waals surface area contributed by atoms with E-state index in [9.17, 15) is 12.8 Å². The van der Waals surface area contributed by atoms with Crippen LogP contribution < -0.4 is 0 Å². The molecule has 0 amide bonds. The minimum Gasteiger partial charge on any atom is -0.464 e. The summed E-state index contributed by atoms with van der Waals surface area (Å²) in [6.45, 7) is 1.78. The molecule has 2 heterocycles. The van der Waals surface area contributed by atoms with Crippen molar-refractivity contribution in [1.29, 1.82) is 0 Å². The van der Waals surface area contributed by atoms with Gasteiger partial charge >= 0.3 is 0 Å². The van der Waals surface area contributed by atoms with Crippen molar-refractivity contribution in [2.24, 2.45) is 0 Å². The fraction of sp³-hybridized carbons (Fsp3) is 0.0400. The lowest BCUT2D eigenvalue weighted by atomic mass is 10.0. The van der Waals surface area contributed by atoms with Crippen molar-refractivity contribution < 1.29 is 17.2 Å². The van der Waals surface area contributed by atoms with Crippen molar-refractivity contribution in [2.75, 3.05) is 0 Å². The molecule has 0 aliphatic heterocycles. The molecule has 0 radical (unpaired) electrons. The molecular formula is C25H18FNO3S. The second kappa shape index (κ2) is 7.25. The maximum Gasteiger partial charge on any atom is 0.268 e. The Bertz CT molecular complexity index is 1530. The highest BCUT2D eigenvalue weighted by molar-refractivity contribution is 7.90. The lowest BCUT2D eigenvalue weighted by Crippen LogP contribution is -2.13. The third-order valence-electron chi connectivity index (χ3n) is 5.25. The van der Waals surface area contributed by atoms with Gasteiger partial charge < -0.3 is 4.42 Å². The van der Waals surface area contributed by atoms with Crippen LogP contribution in [0.1, 0.15) is 5.56 Å². The Kier molecular flexibility index (Phi) is 4.52. The van der Waals surface area contributed by atoms with Crippen molar-refractivity contribution in [1.82, 2.24) is 3.97 Å². The number of benzene rings is 3. The van der Waals surface area contributed by atoms with E-state index in [1.165, 1.54) is 12.3 Å². The number of nitrogens with zero attached hydrogens (tertiary/aromatic N) is 1.